The van der Waals surface area contributed by atoms with Crippen LogP contribution in [0.15, 0.2) is 200 Å². The lowest BCUT2D eigenvalue weighted by molar-refractivity contribution is 0.361. The highest BCUT2D eigenvalue weighted by atomic mass is 16.6. The molecule has 0 N–H and O–H groups in total. The fourth-order valence-electron chi connectivity index (χ4n) is 8.86. The maximum Gasteiger partial charge on any atom is 0.179 e. The topological polar surface area (TPSA) is 68.0 Å². The minimum Gasteiger partial charge on any atom is -0.449 e. The highest BCUT2D eigenvalue weighted by molar-refractivity contribution is 5.92. The van der Waals surface area contributed by atoms with Gasteiger partial charge in [-0.2, -0.15) is 5.26 Å². The zero-order valence-corrected chi connectivity index (χ0v) is 31.7. The van der Waals surface area contributed by atoms with Gasteiger partial charge in [0.25, 0.3) is 0 Å². The Hall–Kier alpha value is -8.07. The molecule has 0 bridgehead atoms. The average molecular weight is 756 g/mol. The van der Waals surface area contributed by atoms with Gasteiger partial charge < -0.3 is 9.47 Å². The molecule has 2 heterocycles. The van der Waals surface area contributed by atoms with Crippen molar-refractivity contribution in [1.82, 2.24) is 9.97 Å². The first-order chi connectivity index (χ1) is 29.2. The molecule has 0 spiro atoms. The van der Waals surface area contributed by atoms with E-state index in [1.165, 1.54) is 16.7 Å². The van der Waals surface area contributed by atoms with Crippen molar-refractivity contribution in [2.75, 3.05) is 0 Å². The zero-order chi connectivity index (χ0) is 39.3. The summed E-state index contributed by atoms with van der Waals surface area (Å²) in [5.74, 6) is 3.10. The van der Waals surface area contributed by atoms with E-state index in [1.807, 2.05) is 91.0 Å². The van der Waals surface area contributed by atoms with E-state index in [2.05, 4.69) is 115 Å². The van der Waals surface area contributed by atoms with E-state index in [9.17, 15) is 5.26 Å². The second-order valence-corrected chi connectivity index (χ2v) is 14.8. The summed E-state index contributed by atoms with van der Waals surface area (Å²) in [6.45, 7) is 0. The minimum atomic E-state index is -0.580. The van der Waals surface area contributed by atoms with E-state index in [0.29, 0.717) is 40.1 Å². The quantitative estimate of drug-likeness (QED) is 0.169. The van der Waals surface area contributed by atoms with Crippen LogP contribution in [0.4, 0.5) is 0 Å². The Morgan fingerprint density at radius 1 is 0.424 bits per heavy atom. The van der Waals surface area contributed by atoms with Gasteiger partial charge in [0.05, 0.1) is 28.4 Å². The number of benzene rings is 8. The van der Waals surface area contributed by atoms with E-state index in [0.717, 1.165) is 50.2 Å². The van der Waals surface area contributed by atoms with Crippen LogP contribution in [0.25, 0.3) is 56.2 Å². The number of hydrogen-bond donors (Lipinski definition) is 0. The highest BCUT2D eigenvalue weighted by Gasteiger charge is 2.48. The summed E-state index contributed by atoms with van der Waals surface area (Å²) in [5.41, 5.74) is 12.8. The van der Waals surface area contributed by atoms with Crippen LogP contribution < -0.4 is 9.47 Å². The molecule has 59 heavy (non-hydrogen) atoms. The molecule has 0 saturated heterocycles. The Morgan fingerprint density at radius 3 is 1.78 bits per heavy atom. The third-order valence-corrected chi connectivity index (χ3v) is 11.5. The van der Waals surface area contributed by atoms with Crippen LogP contribution in [-0.4, -0.2) is 9.97 Å². The number of rotatable bonds is 6. The predicted molar refractivity (Wildman–Crippen MR) is 232 cm³/mol. The molecule has 8 aromatic carbocycles. The molecule has 1 aromatic heterocycles. The first-order valence-corrected chi connectivity index (χ1v) is 19.6. The van der Waals surface area contributed by atoms with Crippen molar-refractivity contribution in [1.29, 1.82) is 5.26 Å². The molecule has 0 amide bonds. The molecule has 0 radical (unpaired) electrons. The number of ether oxygens (including phenoxy) is 2. The van der Waals surface area contributed by atoms with Gasteiger partial charge in [-0.3, -0.25) is 0 Å². The van der Waals surface area contributed by atoms with E-state index >= 15 is 0 Å². The molecule has 0 saturated carbocycles. The van der Waals surface area contributed by atoms with Crippen LogP contribution in [0.2, 0.25) is 0 Å². The molecular weight excluding hydrogens is 723 g/mol. The lowest BCUT2D eigenvalue weighted by atomic mass is 9.68. The molecule has 9 aromatic rings. The molecule has 5 heteroatoms. The van der Waals surface area contributed by atoms with E-state index in [4.69, 9.17) is 19.4 Å². The van der Waals surface area contributed by atoms with Gasteiger partial charge in [-0.05, 0) is 81.4 Å². The number of fused-ring (bicyclic) bond motifs is 6. The Morgan fingerprint density at radius 2 is 1.02 bits per heavy atom. The summed E-state index contributed by atoms with van der Waals surface area (Å²) < 4.78 is 14.0. The van der Waals surface area contributed by atoms with Gasteiger partial charge in [0.2, 0.25) is 0 Å². The van der Waals surface area contributed by atoms with Crippen molar-refractivity contribution >= 4 is 0 Å². The predicted octanol–water partition coefficient (Wildman–Crippen LogP) is 13.3. The third-order valence-electron chi connectivity index (χ3n) is 11.5. The summed E-state index contributed by atoms with van der Waals surface area (Å²) in [6.07, 6.45) is 0. The monoisotopic (exact) mass is 755 g/mol. The van der Waals surface area contributed by atoms with E-state index in [-0.39, 0.29) is 0 Å². The van der Waals surface area contributed by atoms with Crippen molar-refractivity contribution in [2.24, 2.45) is 0 Å². The summed E-state index contributed by atoms with van der Waals surface area (Å²) in [4.78, 5) is 10.4. The molecule has 1 aliphatic carbocycles. The van der Waals surface area contributed by atoms with Crippen molar-refractivity contribution in [3.8, 4) is 85.2 Å². The van der Waals surface area contributed by atoms with Crippen molar-refractivity contribution < 1.29 is 9.47 Å². The molecule has 11 rings (SSSR count). The lowest BCUT2D eigenvalue weighted by Crippen LogP contribution is -2.28. The van der Waals surface area contributed by atoms with Crippen LogP contribution in [-0.2, 0) is 5.41 Å². The van der Waals surface area contributed by atoms with Crippen LogP contribution in [0.1, 0.15) is 27.8 Å². The third kappa shape index (κ3) is 5.54. The Balaban J connectivity index is 1.09. The van der Waals surface area contributed by atoms with E-state index < -0.39 is 5.41 Å². The van der Waals surface area contributed by atoms with Gasteiger partial charge in [0.15, 0.2) is 28.8 Å². The number of nitrogens with zero attached hydrogens (tertiary/aromatic N) is 3. The van der Waals surface area contributed by atoms with Gasteiger partial charge >= 0.3 is 0 Å². The maximum atomic E-state index is 9.58. The molecular formula is C54H33N3O2. The normalized spacial score (nSPS) is 12.8. The molecule has 0 unspecified atom stereocenters. The van der Waals surface area contributed by atoms with Crippen LogP contribution in [0.5, 0.6) is 23.0 Å². The summed E-state index contributed by atoms with van der Waals surface area (Å²) >= 11 is 0. The average Bonchev–Trinajstić information content (AvgIpc) is 3.63. The SMILES string of the molecule is N#Cc1cccc(-c2cccc(-c3nc(-c4ccccc4)cc(-c4cccc5c4Oc4c(ccc6c4-c4ccccc4C6(c4ccccc4)c4ccccc4)O5)n3)c2)c1. The van der Waals surface area contributed by atoms with Crippen molar-refractivity contribution in [3.05, 3.63) is 228 Å². The Labute approximate surface area is 342 Å². The Kier molecular flexibility index (Phi) is 8.02. The van der Waals surface area contributed by atoms with Gasteiger partial charge in [-0.1, -0.05) is 158 Å². The van der Waals surface area contributed by atoms with Gasteiger partial charge in [0.1, 0.15) is 0 Å². The van der Waals surface area contributed by atoms with Crippen molar-refractivity contribution in [2.45, 2.75) is 5.41 Å². The van der Waals surface area contributed by atoms with Crippen LogP contribution in [0, 0.1) is 11.3 Å². The van der Waals surface area contributed by atoms with Crippen molar-refractivity contribution in [3.63, 3.8) is 0 Å². The van der Waals surface area contributed by atoms with E-state index in [1.54, 1.807) is 0 Å². The Bertz CT molecular complexity index is 3080. The summed E-state index contributed by atoms with van der Waals surface area (Å²) in [6, 6.07) is 70.6. The fourth-order valence-corrected chi connectivity index (χ4v) is 8.86. The van der Waals surface area contributed by atoms with Gasteiger partial charge in [0, 0.05) is 22.3 Å². The largest absolute Gasteiger partial charge is 0.449 e. The second kappa shape index (κ2) is 13.8. The molecule has 1 aliphatic heterocycles. The number of nitriles is 1. The highest BCUT2D eigenvalue weighted by Crippen LogP contribution is 2.62. The first kappa shape index (κ1) is 34.2. The maximum absolute atomic E-state index is 9.58. The summed E-state index contributed by atoms with van der Waals surface area (Å²) in [5, 5.41) is 9.58. The van der Waals surface area contributed by atoms with Gasteiger partial charge in [-0.15, -0.1) is 0 Å². The molecule has 0 atom stereocenters. The lowest BCUT2D eigenvalue weighted by Gasteiger charge is -2.34. The van der Waals surface area contributed by atoms with Gasteiger partial charge in [-0.25, -0.2) is 9.97 Å². The van der Waals surface area contributed by atoms with Crippen LogP contribution in [0.3, 0.4) is 0 Å². The smallest absolute Gasteiger partial charge is 0.179 e. The first-order valence-electron chi connectivity index (χ1n) is 19.6. The minimum absolute atomic E-state index is 0.569. The number of hydrogen-bond acceptors (Lipinski definition) is 5. The zero-order valence-electron chi connectivity index (χ0n) is 31.7. The van der Waals surface area contributed by atoms with Crippen LogP contribution >= 0.6 is 0 Å². The summed E-state index contributed by atoms with van der Waals surface area (Å²) in [7, 11) is 0. The fraction of sp³-hybridized carbons (Fsp3) is 0.0185. The molecule has 276 valence electrons. The standard InChI is InChI=1S/C54H33N3O2/c55-34-35-15-12-18-37(31-35)38-19-13-20-39(32-38)53-56-46(36-16-4-1-5-17-36)33-47(57-53)43-26-14-28-48-51(43)59-52-49(58-48)30-29-45-50(52)42-25-10-11-27-44(42)54(45,40-21-6-2-7-22-40)41-23-8-3-9-24-41/h1-33H. The second-order valence-electron chi connectivity index (χ2n) is 14.8. The molecule has 2 aliphatic rings. The number of aromatic nitrogens is 2. The molecule has 5 nitrogen and oxygen atoms in total. The number of para-hydroxylation sites is 1. The molecule has 0 fully saturated rings.